The monoisotopic (exact) mass is 365 g/mol. The maximum Gasteiger partial charge on any atom is 0.331 e. The summed E-state index contributed by atoms with van der Waals surface area (Å²) in [5.41, 5.74) is 0.208. The van der Waals surface area contributed by atoms with Gasteiger partial charge in [0.2, 0.25) is 0 Å². The number of amides is 1. The zero-order valence-corrected chi connectivity index (χ0v) is 14.5. The van der Waals surface area contributed by atoms with E-state index in [2.05, 4.69) is 0 Å². The summed E-state index contributed by atoms with van der Waals surface area (Å²) in [4.78, 5) is 24.8. The second-order valence-electron chi connectivity index (χ2n) is 5.34. The number of carbonyl (C=O) groups excluding carboxylic acids is 2. The van der Waals surface area contributed by atoms with Crippen LogP contribution in [0.3, 0.4) is 0 Å². The topological polar surface area (TPSA) is 59.8 Å². The summed E-state index contributed by atoms with van der Waals surface area (Å²) in [6.45, 7) is 1.30. The van der Waals surface area contributed by atoms with Gasteiger partial charge in [-0.05, 0) is 37.3 Å². The van der Waals surface area contributed by atoms with E-state index < -0.39 is 24.3 Å². The zero-order chi connectivity index (χ0) is 18.4. The van der Waals surface area contributed by atoms with Gasteiger partial charge >= 0.3 is 5.97 Å². The van der Waals surface area contributed by atoms with Crippen molar-refractivity contribution in [1.82, 2.24) is 4.90 Å². The summed E-state index contributed by atoms with van der Waals surface area (Å²) in [7, 11) is 1.47. The van der Waals surface area contributed by atoms with E-state index in [0.717, 1.165) is 5.76 Å². The number of rotatable bonds is 6. The molecule has 0 N–H and O–H groups in total. The molecule has 0 aliphatic rings. The lowest BCUT2D eigenvalue weighted by molar-refractivity contribution is -0.147. The fraction of sp³-hybridized carbons (Fsp3) is 0.222. The van der Waals surface area contributed by atoms with Gasteiger partial charge in [-0.3, -0.25) is 4.79 Å². The Kier molecular flexibility index (Phi) is 6.36. The highest BCUT2D eigenvalue weighted by Gasteiger charge is 2.15. The van der Waals surface area contributed by atoms with Crippen molar-refractivity contribution in [3.8, 4) is 0 Å². The van der Waals surface area contributed by atoms with Crippen molar-refractivity contribution in [2.24, 2.45) is 0 Å². The van der Waals surface area contributed by atoms with Gasteiger partial charge in [0.05, 0.1) is 0 Å². The first-order chi connectivity index (χ1) is 11.9. The second kappa shape index (κ2) is 8.48. The van der Waals surface area contributed by atoms with Gasteiger partial charge in [0, 0.05) is 30.3 Å². The van der Waals surface area contributed by atoms with E-state index in [-0.39, 0.29) is 17.1 Å². The Morgan fingerprint density at radius 2 is 2.08 bits per heavy atom. The first-order valence-corrected chi connectivity index (χ1v) is 7.82. The van der Waals surface area contributed by atoms with Gasteiger partial charge in [0.25, 0.3) is 5.91 Å². The van der Waals surface area contributed by atoms with Gasteiger partial charge in [0.1, 0.15) is 17.3 Å². The highest BCUT2D eigenvalue weighted by Crippen LogP contribution is 2.20. The minimum Gasteiger partial charge on any atom is -0.462 e. The van der Waals surface area contributed by atoms with E-state index in [1.54, 1.807) is 25.1 Å². The van der Waals surface area contributed by atoms with E-state index in [9.17, 15) is 14.0 Å². The Balaban J connectivity index is 1.84. The predicted octanol–water partition coefficient (Wildman–Crippen LogP) is 3.60. The van der Waals surface area contributed by atoms with Gasteiger partial charge < -0.3 is 14.1 Å². The molecule has 0 saturated carbocycles. The number of hydrogen-bond acceptors (Lipinski definition) is 4. The number of carbonyl (C=O) groups is 2. The fourth-order valence-corrected chi connectivity index (χ4v) is 2.22. The summed E-state index contributed by atoms with van der Waals surface area (Å²) in [6, 6.07) is 7.76. The molecule has 0 atom stereocenters. The molecule has 2 aromatic rings. The number of aryl methyl sites for hydroxylation is 1. The summed E-state index contributed by atoms with van der Waals surface area (Å²) in [6.07, 6.45) is 2.61. The fourth-order valence-electron chi connectivity index (χ4n) is 1.99. The first-order valence-electron chi connectivity index (χ1n) is 7.45. The molecule has 1 amide bonds. The van der Waals surface area contributed by atoms with Crippen molar-refractivity contribution >= 4 is 29.6 Å². The summed E-state index contributed by atoms with van der Waals surface area (Å²) in [5, 5.41) is 0.230. The van der Waals surface area contributed by atoms with E-state index in [1.165, 1.54) is 36.2 Å². The standard InChI is InChI=1S/C18H17ClFNO4/c1-12-6-7-13(25-12)8-9-18(23)24-11-17(22)21(2)10-14-15(19)4-3-5-16(14)20/h3-9H,10-11H2,1-2H3/b9-8+. The summed E-state index contributed by atoms with van der Waals surface area (Å²) >= 11 is 5.93. The number of benzene rings is 1. The van der Waals surface area contributed by atoms with Crippen molar-refractivity contribution in [3.63, 3.8) is 0 Å². The molecule has 25 heavy (non-hydrogen) atoms. The predicted molar refractivity (Wildman–Crippen MR) is 91.3 cm³/mol. The Hall–Kier alpha value is -2.60. The number of esters is 1. The Morgan fingerprint density at radius 1 is 1.32 bits per heavy atom. The van der Waals surface area contributed by atoms with Gasteiger partial charge in [-0.15, -0.1) is 0 Å². The average Bonchev–Trinajstić information content (AvgIpc) is 2.99. The quantitative estimate of drug-likeness (QED) is 0.579. The second-order valence-corrected chi connectivity index (χ2v) is 5.75. The SMILES string of the molecule is Cc1ccc(/C=C/C(=O)OCC(=O)N(C)Cc2c(F)cccc2Cl)o1. The molecule has 0 unspecified atom stereocenters. The Labute approximate surface area is 149 Å². The largest absolute Gasteiger partial charge is 0.462 e. The Bertz CT molecular complexity index is 780. The number of furan rings is 1. The number of halogens is 2. The van der Waals surface area contributed by atoms with Crippen LogP contribution in [0.5, 0.6) is 0 Å². The van der Waals surface area contributed by atoms with Crippen LogP contribution >= 0.6 is 11.6 Å². The van der Waals surface area contributed by atoms with E-state index in [1.807, 2.05) is 0 Å². The minimum atomic E-state index is -0.681. The number of ether oxygens (including phenoxy) is 1. The molecule has 0 spiro atoms. The highest BCUT2D eigenvalue weighted by atomic mass is 35.5. The third-order valence-electron chi connectivity index (χ3n) is 3.37. The van der Waals surface area contributed by atoms with Gasteiger partial charge in [-0.1, -0.05) is 17.7 Å². The molecule has 7 heteroatoms. The third kappa shape index (κ3) is 5.46. The number of likely N-dealkylation sites (N-methyl/N-ethyl adjacent to an activating group) is 1. The van der Waals surface area contributed by atoms with Gasteiger partial charge in [-0.25, -0.2) is 9.18 Å². The molecule has 0 aliphatic carbocycles. The van der Waals surface area contributed by atoms with Crippen LogP contribution in [-0.2, 0) is 20.9 Å². The summed E-state index contributed by atoms with van der Waals surface area (Å²) in [5.74, 6) is -0.431. The molecule has 1 aromatic heterocycles. The molecule has 1 heterocycles. The van der Waals surface area contributed by atoms with Crippen LogP contribution in [0.2, 0.25) is 5.02 Å². The molecule has 0 radical (unpaired) electrons. The van der Waals surface area contributed by atoms with Crippen LogP contribution in [0.4, 0.5) is 4.39 Å². The molecule has 132 valence electrons. The Morgan fingerprint density at radius 3 is 2.72 bits per heavy atom. The van der Waals surface area contributed by atoms with Crippen molar-refractivity contribution < 1.29 is 23.1 Å². The lowest BCUT2D eigenvalue weighted by Crippen LogP contribution is -2.31. The molecule has 0 bridgehead atoms. The van der Waals surface area contributed by atoms with Crippen LogP contribution in [0.25, 0.3) is 6.08 Å². The van der Waals surface area contributed by atoms with Gasteiger partial charge in [-0.2, -0.15) is 0 Å². The van der Waals surface area contributed by atoms with Crippen molar-refractivity contribution in [2.45, 2.75) is 13.5 Å². The van der Waals surface area contributed by atoms with E-state index >= 15 is 0 Å². The van der Waals surface area contributed by atoms with Crippen molar-refractivity contribution in [1.29, 1.82) is 0 Å². The molecule has 0 fully saturated rings. The number of hydrogen-bond donors (Lipinski definition) is 0. The van der Waals surface area contributed by atoms with Crippen molar-refractivity contribution in [3.05, 3.63) is 64.3 Å². The first kappa shape index (κ1) is 18.7. The van der Waals surface area contributed by atoms with E-state index in [0.29, 0.717) is 5.76 Å². The maximum atomic E-state index is 13.7. The highest BCUT2D eigenvalue weighted by molar-refractivity contribution is 6.31. The third-order valence-corrected chi connectivity index (χ3v) is 3.72. The van der Waals surface area contributed by atoms with Gasteiger partial charge in [0.15, 0.2) is 6.61 Å². The zero-order valence-electron chi connectivity index (χ0n) is 13.8. The van der Waals surface area contributed by atoms with Crippen LogP contribution < -0.4 is 0 Å². The van der Waals surface area contributed by atoms with Crippen LogP contribution in [0.15, 0.2) is 40.8 Å². The van der Waals surface area contributed by atoms with Crippen LogP contribution in [0.1, 0.15) is 17.1 Å². The molecule has 1 aromatic carbocycles. The average molecular weight is 366 g/mol. The van der Waals surface area contributed by atoms with Crippen molar-refractivity contribution in [2.75, 3.05) is 13.7 Å². The molecular weight excluding hydrogens is 349 g/mol. The molecular formula is C18H17ClFNO4. The lowest BCUT2D eigenvalue weighted by Gasteiger charge is -2.18. The number of nitrogens with zero attached hydrogens (tertiary/aromatic N) is 1. The van der Waals surface area contributed by atoms with E-state index in [4.69, 9.17) is 20.8 Å². The van der Waals surface area contributed by atoms with Crippen LogP contribution in [-0.4, -0.2) is 30.4 Å². The maximum absolute atomic E-state index is 13.7. The smallest absolute Gasteiger partial charge is 0.331 e. The summed E-state index contributed by atoms with van der Waals surface area (Å²) < 4.78 is 23.9. The molecule has 2 rings (SSSR count). The van der Waals surface area contributed by atoms with Crippen LogP contribution in [0, 0.1) is 12.7 Å². The molecule has 0 aliphatic heterocycles. The molecule has 5 nitrogen and oxygen atoms in total. The minimum absolute atomic E-state index is 0.0244. The lowest BCUT2D eigenvalue weighted by atomic mass is 10.2. The normalized spacial score (nSPS) is 10.9. The molecule has 0 saturated heterocycles.